The summed E-state index contributed by atoms with van der Waals surface area (Å²) in [6, 6.07) is 4.74. The number of hydrogen-bond donors (Lipinski definition) is 2. The average molecular weight is 332 g/mol. The fourth-order valence-corrected chi connectivity index (χ4v) is 3.81. The van der Waals surface area contributed by atoms with Crippen LogP contribution in [0.4, 0.5) is 0 Å². The summed E-state index contributed by atoms with van der Waals surface area (Å²) >= 11 is 7.42. The normalized spacial score (nSPS) is 11.7. The monoisotopic (exact) mass is 331 g/mol. The van der Waals surface area contributed by atoms with Gasteiger partial charge in [0.15, 0.2) is 0 Å². The summed E-state index contributed by atoms with van der Waals surface area (Å²) in [5, 5.41) is 2.07. The maximum absolute atomic E-state index is 12.2. The second-order valence-corrected chi connectivity index (χ2v) is 6.96. The van der Waals surface area contributed by atoms with E-state index in [0.717, 1.165) is 5.69 Å². The first-order valence-electron chi connectivity index (χ1n) is 5.88. The minimum atomic E-state index is -3.64. The summed E-state index contributed by atoms with van der Waals surface area (Å²) in [6.07, 6.45) is 0.539. The molecule has 0 aliphatic heterocycles. The number of benzene rings is 1. The average Bonchev–Trinajstić information content (AvgIpc) is 2.92. The first kappa shape index (κ1) is 15.4. The first-order chi connectivity index (χ1) is 9.53. The Balaban J connectivity index is 2.09. The first-order valence-corrected chi connectivity index (χ1v) is 8.68. The minimum absolute atomic E-state index is 0.0559. The van der Waals surface area contributed by atoms with E-state index in [-0.39, 0.29) is 23.0 Å². The van der Waals surface area contributed by atoms with Crippen LogP contribution in [0.25, 0.3) is 0 Å². The van der Waals surface area contributed by atoms with E-state index in [9.17, 15) is 8.42 Å². The number of nitrogens with one attached hydrogen (secondary N) is 1. The largest absolute Gasteiger partial charge is 0.326 e. The van der Waals surface area contributed by atoms with Crippen LogP contribution in [0.5, 0.6) is 0 Å². The van der Waals surface area contributed by atoms with Gasteiger partial charge in [0.2, 0.25) is 10.0 Å². The van der Waals surface area contributed by atoms with E-state index in [1.165, 1.54) is 17.4 Å². The summed E-state index contributed by atoms with van der Waals surface area (Å²) in [4.78, 5) is 4.15. The molecule has 0 amide bonds. The van der Waals surface area contributed by atoms with Crippen LogP contribution >= 0.6 is 22.9 Å². The Kier molecular flexibility index (Phi) is 5.11. The van der Waals surface area contributed by atoms with Gasteiger partial charge in [0.05, 0.1) is 16.2 Å². The molecule has 3 N–H and O–H groups in total. The Morgan fingerprint density at radius 1 is 1.40 bits per heavy atom. The molecule has 0 bridgehead atoms. The van der Waals surface area contributed by atoms with Crippen molar-refractivity contribution in [1.29, 1.82) is 0 Å². The third-order valence-electron chi connectivity index (χ3n) is 2.68. The molecule has 0 unspecified atom stereocenters. The van der Waals surface area contributed by atoms with Gasteiger partial charge in [-0.3, -0.25) is 0 Å². The van der Waals surface area contributed by atoms with E-state index in [4.69, 9.17) is 17.3 Å². The van der Waals surface area contributed by atoms with Gasteiger partial charge in [-0.25, -0.2) is 18.1 Å². The highest BCUT2D eigenvalue weighted by Crippen LogP contribution is 2.22. The van der Waals surface area contributed by atoms with Gasteiger partial charge in [0.25, 0.3) is 0 Å². The van der Waals surface area contributed by atoms with Gasteiger partial charge < -0.3 is 5.73 Å². The quantitative estimate of drug-likeness (QED) is 0.845. The van der Waals surface area contributed by atoms with Crippen molar-refractivity contribution in [2.75, 3.05) is 6.54 Å². The Bertz CT molecular complexity index is 672. The maximum atomic E-state index is 12.2. The van der Waals surface area contributed by atoms with Crippen molar-refractivity contribution >= 4 is 33.0 Å². The van der Waals surface area contributed by atoms with Crippen LogP contribution in [-0.4, -0.2) is 19.9 Å². The fraction of sp³-hybridized carbons (Fsp3) is 0.250. The molecular weight excluding hydrogens is 318 g/mol. The molecule has 2 rings (SSSR count). The lowest BCUT2D eigenvalue weighted by Gasteiger charge is -2.09. The van der Waals surface area contributed by atoms with Gasteiger partial charge in [0.1, 0.15) is 4.90 Å². The topological polar surface area (TPSA) is 85.1 Å². The molecule has 2 aromatic rings. The van der Waals surface area contributed by atoms with E-state index in [2.05, 4.69) is 9.71 Å². The predicted octanol–water partition coefficient (Wildman–Crippen LogP) is 1.78. The number of halogens is 1. The van der Waals surface area contributed by atoms with Gasteiger partial charge >= 0.3 is 0 Å². The van der Waals surface area contributed by atoms with Crippen molar-refractivity contribution < 1.29 is 8.42 Å². The molecule has 0 spiro atoms. The van der Waals surface area contributed by atoms with Gasteiger partial charge in [-0.1, -0.05) is 17.7 Å². The molecule has 0 saturated carbocycles. The van der Waals surface area contributed by atoms with Gasteiger partial charge in [0, 0.05) is 24.9 Å². The SMILES string of the molecule is NCc1ccc(Cl)c(S(=O)(=O)NCCc2cscn2)c1. The van der Waals surface area contributed by atoms with E-state index < -0.39 is 10.0 Å². The highest BCUT2D eigenvalue weighted by Gasteiger charge is 2.17. The molecule has 1 aromatic heterocycles. The highest BCUT2D eigenvalue weighted by molar-refractivity contribution is 7.89. The van der Waals surface area contributed by atoms with Crippen molar-refractivity contribution in [2.45, 2.75) is 17.9 Å². The smallest absolute Gasteiger partial charge is 0.242 e. The Labute approximate surface area is 126 Å². The lowest BCUT2D eigenvalue weighted by atomic mass is 10.2. The van der Waals surface area contributed by atoms with Gasteiger partial charge in [-0.15, -0.1) is 11.3 Å². The molecule has 0 fully saturated rings. The van der Waals surface area contributed by atoms with Crippen molar-refractivity contribution in [2.24, 2.45) is 5.73 Å². The second kappa shape index (κ2) is 6.64. The van der Waals surface area contributed by atoms with E-state index in [1.54, 1.807) is 17.6 Å². The third-order valence-corrected chi connectivity index (χ3v) is 5.26. The van der Waals surface area contributed by atoms with Crippen LogP contribution in [0.3, 0.4) is 0 Å². The molecule has 0 aliphatic carbocycles. The summed E-state index contributed by atoms with van der Waals surface area (Å²) in [5.74, 6) is 0. The second-order valence-electron chi connectivity index (χ2n) is 4.10. The van der Waals surface area contributed by atoms with Crippen molar-refractivity contribution in [3.05, 3.63) is 45.4 Å². The number of nitrogens with two attached hydrogens (primary N) is 1. The maximum Gasteiger partial charge on any atom is 0.242 e. The third kappa shape index (κ3) is 3.77. The van der Waals surface area contributed by atoms with Crippen LogP contribution < -0.4 is 10.5 Å². The molecular formula is C12H14ClN3O2S2. The van der Waals surface area contributed by atoms with E-state index in [0.29, 0.717) is 12.0 Å². The molecule has 0 aliphatic rings. The van der Waals surface area contributed by atoms with Gasteiger partial charge in [-0.2, -0.15) is 0 Å². The Morgan fingerprint density at radius 2 is 2.20 bits per heavy atom. The molecule has 8 heteroatoms. The molecule has 5 nitrogen and oxygen atoms in total. The summed E-state index contributed by atoms with van der Waals surface area (Å²) in [6.45, 7) is 0.535. The van der Waals surface area contributed by atoms with Crippen molar-refractivity contribution in [1.82, 2.24) is 9.71 Å². The number of rotatable bonds is 6. The highest BCUT2D eigenvalue weighted by atomic mass is 35.5. The fourth-order valence-electron chi connectivity index (χ4n) is 1.63. The van der Waals surface area contributed by atoms with Crippen LogP contribution in [0.1, 0.15) is 11.3 Å². The van der Waals surface area contributed by atoms with Crippen LogP contribution in [0.2, 0.25) is 5.02 Å². The molecule has 108 valence electrons. The zero-order valence-electron chi connectivity index (χ0n) is 10.5. The lowest BCUT2D eigenvalue weighted by Crippen LogP contribution is -2.26. The zero-order valence-corrected chi connectivity index (χ0v) is 12.9. The van der Waals surface area contributed by atoms with E-state index in [1.807, 2.05) is 5.38 Å². The zero-order chi connectivity index (χ0) is 14.6. The van der Waals surface area contributed by atoms with Crippen LogP contribution in [0.15, 0.2) is 34.0 Å². The molecule has 0 saturated heterocycles. The molecule has 1 aromatic carbocycles. The number of sulfonamides is 1. The standard InChI is InChI=1S/C12H14ClN3O2S2/c13-11-2-1-9(6-14)5-12(11)20(17,18)16-4-3-10-7-19-8-15-10/h1-2,5,7-8,16H,3-4,6,14H2. The summed E-state index contributed by atoms with van der Waals surface area (Å²) in [5.41, 5.74) is 8.80. The minimum Gasteiger partial charge on any atom is -0.326 e. The number of nitrogens with zero attached hydrogens (tertiary/aromatic N) is 1. The predicted molar refractivity (Wildman–Crippen MR) is 80.3 cm³/mol. The molecule has 0 radical (unpaired) electrons. The Hall–Kier alpha value is -0.990. The molecule has 1 heterocycles. The van der Waals surface area contributed by atoms with Crippen molar-refractivity contribution in [3.63, 3.8) is 0 Å². The molecule has 0 atom stereocenters. The van der Waals surface area contributed by atoms with E-state index >= 15 is 0 Å². The number of aromatic nitrogens is 1. The summed E-state index contributed by atoms with van der Waals surface area (Å²) in [7, 11) is -3.64. The lowest BCUT2D eigenvalue weighted by molar-refractivity contribution is 0.581. The van der Waals surface area contributed by atoms with Gasteiger partial charge in [-0.05, 0) is 17.7 Å². The van der Waals surface area contributed by atoms with Crippen molar-refractivity contribution in [3.8, 4) is 0 Å². The summed E-state index contributed by atoms with van der Waals surface area (Å²) < 4.78 is 26.9. The van der Waals surface area contributed by atoms with Crippen LogP contribution in [-0.2, 0) is 23.0 Å². The Morgan fingerprint density at radius 3 is 2.85 bits per heavy atom. The van der Waals surface area contributed by atoms with Crippen LogP contribution in [0, 0.1) is 0 Å². The number of thiazole rings is 1. The molecule has 20 heavy (non-hydrogen) atoms. The number of hydrogen-bond acceptors (Lipinski definition) is 5.